The molecule has 1 aromatic heterocycles. The van der Waals surface area contributed by atoms with E-state index in [0.717, 1.165) is 11.3 Å². The fraction of sp³-hybridized carbons (Fsp3) is 0.688. The summed E-state index contributed by atoms with van der Waals surface area (Å²) in [4.78, 5) is 25.1. The normalized spacial score (nSPS) is 14.0. The molecule has 2 amide bonds. The van der Waals surface area contributed by atoms with Gasteiger partial charge in [-0.1, -0.05) is 24.9 Å². The zero-order valence-corrected chi connectivity index (χ0v) is 14.7. The molecule has 3 N–H and O–H groups in total. The van der Waals surface area contributed by atoms with E-state index in [1.165, 1.54) is 6.20 Å². The molecular formula is C16H27N3O5. The highest BCUT2D eigenvalue weighted by Crippen LogP contribution is 2.23. The average molecular weight is 341 g/mol. The van der Waals surface area contributed by atoms with Crippen molar-refractivity contribution in [2.45, 2.75) is 71.2 Å². The van der Waals surface area contributed by atoms with Gasteiger partial charge in [0.2, 0.25) is 0 Å². The van der Waals surface area contributed by atoms with Crippen molar-refractivity contribution in [2.24, 2.45) is 0 Å². The Labute approximate surface area is 141 Å². The topological polar surface area (TPSA) is 116 Å². The Kier molecular flexibility index (Phi) is 7.21. The van der Waals surface area contributed by atoms with E-state index in [0.29, 0.717) is 18.6 Å². The summed E-state index contributed by atoms with van der Waals surface area (Å²) in [6.07, 6.45) is 0.766. The summed E-state index contributed by atoms with van der Waals surface area (Å²) in [5.74, 6) is -0.186. The molecule has 24 heavy (non-hydrogen) atoms. The van der Waals surface area contributed by atoms with Crippen molar-refractivity contribution >= 4 is 12.0 Å². The van der Waals surface area contributed by atoms with Crippen LogP contribution in [0, 0.1) is 0 Å². The molecule has 0 aliphatic rings. The lowest BCUT2D eigenvalue weighted by Gasteiger charge is -2.41. The van der Waals surface area contributed by atoms with E-state index in [1.807, 2.05) is 6.92 Å². The van der Waals surface area contributed by atoms with E-state index >= 15 is 0 Å². The van der Waals surface area contributed by atoms with Crippen molar-refractivity contribution in [1.82, 2.24) is 15.4 Å². The zero-order chi connectivity index (χ0) is 18.3. The number of hydrogen-bond donors (Lipinski definition) is 3. The van der Waals surface area contributed by atoms with Crippen molar-refractivity contribution in [2.75, 3.05) is 0 Å². The van der Waals surface area contributed by atoms with Crippen LogP contribution >= 0.6 is 0 Å². The van der Waals surface area contributed by atoms with Gasteiger partial charge in [0.05, 0.1) is 18.8 Å². The Balaban J connectivity index is 2.87. The Morgan fingerprint density at radius 2 is 2.08 bits per heavy atom. The van der Waals surface area contributed by atoms with Gasteiger partial charge >= 0.3 is 6.09 Å². The second-order valence-corrected chi connectivity index (χ2v) is 6.67. The van der Waals surface area contributed by atoms with Gasteiger partial charge in [0, 0.05) is 11.6 Å². The number of amides is 2. The van der Waals surface area contributed by atoms with Crippen LogP contribution in [0.4, 0.5) is 4.79 Å². The standard InChI is InChI=1S/C16H27N3O5/c1-5-6-7-12(19(15(22)23)16(2,3)4)13(20)14(21)17-10-11-8-9-18-24-11/h8-9,12-13,20H,5-7,10H2,1-4H3,(H,17,21)(H,22,23)/t12-,13-/m0/s1. The largest absolute Gasteiger partial charge is 0.465 e. The van der Waals surface area contributed by atoms with E-state index in [2.05, 4.69) is 10.5 Å². The second kappa shape index (κ2) is 8.68. The summed E-state index contributed by atoms with van der Waals surface area (Å²) in [5.41, 5.74) is -0.740. The predicted octanol–water partition coefficient (Wildman–Crippen LogP) is 1.99. The maximum atomic E-state index is 12.3. The van der Waals surface area contributed by atoms with E-state index in [9.17, 15) is 19.8 Å². The van der Waals surface area contributed by atoms with Crippen molar-refractivity contribution in [1.29, 1.82) is 0 Å². The molecule has 136 valence electrons. The molecule has 0 saturated carbocycles. The van der Waals surface area contributed by atoms with Gasteiger partial charge in [0.15, 0.2) is 11.9 Å². The molecule has 0 aromatic carbocycles. The predicted molar refractivity (Wildman–Crippen MR) is 87.3 cm³/mol. The Bertz CT molecular complexity index is 524. The van der Waals surface area contributed by atoms with E-state index < -0.39 is 29.7 Å². The van der Waals surface area contributed by atoms with Crippen LogP contribution < -0.4 is 5.32 Å². The average Bonchev–Trinajstić information content (AvgIpc) is 2.99. The Morgan fingerprint density at radius 1 is 1.42 bits per heavy atom. The third-order valence-electron chi connectivity index (χ3n) is 3.68. The number of nitrogens with zero attached hydrogens (tertiary/aromatic N) is 2. The van der Waals surface area contributed by atoms with Crippen LogP contribution in [-0.2, 0) is 11.3 Å². The lowest BCUT2D eigenvalue weighted by molar-refractivity contribution is -0.134. The Morgan fingerprint density at radius 3 is 2.54 bits per heavy atom. The van der Waals surface area contributed by atoms with Crippen LogP contribution in [0.2, 0.25) is 0 Å². The van der Waals surface area contributed by atoms with Gasteiger partial charge in [-0.05, 0) is 27.2 Å². The summed E-state index contributed by atoms with van der Waals surface area (Å²) in [5, 5.41) is 26.1. The first kappa shape index (κ1) is 20.0. The molecule has 1 aromatic rings. The SMILES string of the molecule is CCCC[C@@H]([C@H](O)C(=O)NCc1ccno1)N(C(=O)O)C(C)(C)C. The van der Waals surface area contributed by atoms with Crippen molar-refractivity contribution in [3.8, 4) is 0 Å². The Hall–Kier alpha value is -2.09. The van der Waals surface area contributed by atoms with Crippen LogP contribution in [-0.4, -0.2) is 50.0 Å². The van der Waals surface area contributed by atoms with Gasteiger partial charge in [0.25, 0.3) is 5.91 Å². The molecule has 0 spiro atoms. The fourth-order valence-electron chi connectivity index (χ4n) is 2.55. The summed E-state index contributed by atoms with van der Waals surface area (Å²) in [7, 11) is 0. The minimum atomic E-state index is -1.46. The molecule has 0 saturated heterocycles. The number of rotatable bonds is 8. The summed E-state index contributed by atoms with van der Waals surface area (Å²) < 4.78 is 4.88. The molecule has 8 heteroatoms. The summed E-state index contributed by atoms with van der Waals surface area (Å²) >= 11 is 0. The first-order chi connectivity index (χ1) is 11.2. The third-order valence-corrected chi connectivity index (χ3v) is 3.68. The number of carbonyl (C=O) groups is 2. The molecular weight excluding hydrogens is 314 g/mol. The highest BCUT2D eigenvalue weighted by atomic mass is 16.5. The first-order valence-corrected chi connectivity index (χ1v) is 8.06. The highest BCUT2D eigenvalue weighted by Gasteiger charge is 2.39. The van der Waals surface area contributed by atoms with Gasteiger partial charge in [-0.15, -0.1) is 0 Å². The number of unbranched alkanes of at least 4 members (excludes halogenated alkanes) is 1. The number of carboxylic acid groups (broad SMARTS) is 1. The minimum absolute atomic E-state index is 0.0823. The molecule has 0 unspecified atom stereocenters. The number of aromatic nitrogens is 1. The van der Waals surface area contributed by atoms with Crippen LogP contribution in [0.1, 0.15) is 52.7 Å². The lowest BCUT2D eigenvalue weighted by Crippen LogP contribution is -2.58. The molecule has 0 bridgehead atoms. The molecule has 0 aliphatic carbocycles. The van der Waals surface area contributed by atoms with E-state index in [1.54, 1.807) is 26.8 Å². The molecule has 0 fully saturated rings. The first-order valence-electron chi connectivity index (χ1n) is 8.06. The molecule has 0 radical (unpaired) electrons. The number of hydrogen-bond acceptors (Lipinski definition) is 5. The van der Waals surface area contributed by atoms with E-state index in [-0.39, 0.29) is 6.54 Å². The smallest absolute Gasteiger partial charge is 0.408 e. The van der Waals surface area contributed by atoms with Crippen LogP contribution in [0.5, 0.6) is 0 Å². The number of nitrogens with one attached hydrogen (secondary N) is 1. The molecule has 1 heterocycles. The highest BCUT2D eigenvalue weighted by molar-refractivity contribution is 5.82. The number of carbonyl (C=O) groups excluding carboxylic acids is 1. The molecule has 0 aliphatic heterocycles. The van der Waals surface area contributed by atoms with Gasteiger partial charge in [-0.2, -0.15) is 0 Å². The van der Waals surface area contributed by atoms with Crippen molar-refractivity contribution < 1.29 is 24.3 Å². The molecule has 8 nitrogen and oxygen atoms in total. The number of aliphatic hydroxyl groups excluding tert-OH is 1. The minimum Gasteiger partial charge on any atom is -0.465 e. The summed E-state index contributed by atoms with van der Waals surface area (Å²) in [6.45, 7) is 7.26. The van der Waals surface area contributed by atoms with Crippen LogP contribution in [0.3, 0.4) is 0 Å². The van der Waals surface area contributed by atoms with Crippen molar-refractivity contribution in [3.05, 3.63) is 18.0 Å². The quantitative estimate of drug-likeness (QED) is 0.666. The van der Waals surface area contributed by atoms with Gasteiger partial charge in [0.1, 0.15) is 0 Å². The number of aliphatic hydroxyl groups is 1. The van der Waals surface area contributed by atoms with Gasteiger partial charge < -0.3 is 20.1 Å². The van der Waals surface area contributed by atoms with Crippen LogP contribution in [0.25, 0.3) is 0 Å². The summed E-state index contributed by atoms with van der Waals surface area (Å²) in [6, 6.07) is 0.775. The zero-order valence-electron chi connectivity index (χ0n) is 14.7. The lowest BCUT2D eigenvalue weighted by atomic mass is 9.96. The fourth-order valence-corrected chi connectivity index (χ4v) is 2.55. The van der Waals surface area contributed by atoms with Gasteiger partial charge in [-0.3, -0.25) is 9.69 Å². The van der Waals surface area contributed by atoms with Crippen molar-refractivity contribution in [3.63, 3.8) is 0 Å². The van der Waals surface area contributed by atoms with Gasteiger partial charge in [-0.25, -0.2) is 4.79 Å². The molecule has 1 rings (SSSR count). The van der Waals surface area contributed by atoms with Crippen LogP contribution in [0.15, 0.2) is 16.8 Å². The third kappa shape index (κ3) is 5.52. The monoisotopic (exact) mass is 341 g/mol. The maximum absolute atomic E-state index is 12.3. The maximum Gasteiger partial charge on any atom is 0.408 e. The second-order valence-electron chi connectivity index (χ2n) is 6.67. The van der Waals surface area contributed by atoms with E-state index in [4.69, 9.17) is 4.52 Å². The molecule has 2 atom stereocenters.